The summed E-state index contributed by atoms with van der Waals surface area (Å²) in [5.74, 6) is 0. The van der Waals surface area contributed by atoms with E-state index in [4.69, 9.17) is 0 Å². The first-order valence-electron chi connectivity index (χ1n) is 3.74. The van der Waals surface area contributed by atoms with Gasteiger partial charge in [0, 0.05) is 0 Å². The number of nitrogens with zero attached hydrogens (tertiary/aromatic N) is 1. The Bertz CT molecular complexity index is 139. The summed E-state index contributed by atoms with van der Waals surface area (Å²) >= 11 is 0. The minimum absolute atomic E-state index is 0.160. The molecule has 0 aromatic carbocycles. The zero-order valence-corrected chi connectivity index (χ0v) is 8.86. The van der Waals surface area contributed by atoms with Crippen LogP contribution in [0.3, 0.4) is 0 Å². The molecule has 0 aromatic rings. The van der Waals surface area contributed by atoms with Gasteiger partial charge in [-0.2, -0.15) is 0 Å². The fourth-order valence-electron chi connectivity index (χ4n) is 0.853. The summed E-state index contributed by atoms with van der Waals surface area (Å²) in [4.78, 5) is 10.4. The van der Waals surface area contributed by atoms with E-state index in [2.05, 4.69) is 9.20 Å². The number of quaternary nitrogens is 1. The first kappa shape index (κ1) is 13.2. The van der Waals surface area contributed by atoms with Crippen LogP contribution in [0.5, 0.6) is 0 Å². The molecule has 0 fully saturated rings. The Morgan fingerprint density at radius 3 is 2.38 bits per heavy atom. The van der Waals surface area contributed by atoms with E-state index in [0.717, 1.165) is 0 Å². The molecule has 0 aliphatic heterocycles. The summed E-state index contributed by atoms with van der Waals surface area (Å²) in [5, 5.41) is 18.8. The highest BCUT2D eigenvalue weighted by Crippen LogP contribution is 2.23. The highest BCUT2D eigenvalue weighted by atomic mass is 31.2. The standard InChI is InChI=1S/C6H16NO5P/c1-7(2,3)4-6(8)5-11-13(10)12-9/h6,8-9H,4-5H2,1-3H3/p-1. The third-order valence-corrected chi connectivity index (χ3v) is 1.67. The number of hydrogen-bond donors (Lipinski definition) is 1. The summed E-state index contributed by atoms with van der Waals surface area (Å²) in [5.41, 5.74) is 0. The van der Waals surface area contributed by atoms with Gasteiger partial charge in [-0.3, -0.25) is 0 Å². The summed E-state index contributed by atoms with van der Waals surface area (Å²) < 4.78 is 8.12. The molecule has 0 aromatic heterocycles. The maximum Gasteiger partial charge on any atom is 0.126 e. The molecule has 1 N–H and O–H groups in total. The zero-order chi connectivity index (χ0) is 10.5. The average Bonchev–Trinajstić information content (AvgIpc) is 1.97. The van der Waals surface area contributed by atoms with Crippen molar-refractivity contribution in [3.05, 3.63) is 0 Å². The lowest BCUT2D eigenvalue weighted by molar-refractivity contribution is -0.873. The third-order valence-electron chi connectivity index (χ3n) is 1.19. The predicted octanol–water partition coefficient (Wildman–Crippen LogP) is -2.05. The summed E-state index contributed by atoms with van der Waals surface area (Å²) in [6, 6.07) is 0. The van der Waals surface area contributed by atoms with Crippen molar-refractivity contribution in [2.45, 2.75) is 6.10 Å². The van der Waals surface area contributed by atoms with Gasteiger partial charge < -0.3 is 28.9 Å². The van der Waals surface area contributed by atoms with Crippen molar-refractivity contribution in [1.82, 2.24) is 0 Å². The second kappa shape index (κ2) is 5.82. The third kappa shape index (κ3) is 8.52. The lowest BCUT2D eigenvalue weighted by Crippen LogP contribution is -2.42. The fourth-order valence-corrected chi connectivity index (χ4v) is 1.19. The fraction of sp³-hybridized carbons (Fsp3) is 1.00. The van der Waals surface area contributed by atoms with Crippen molar-refractivity contribution in [1.29, 1.82) is 0 Å². The molecule has 0 heterocycles. The second-order valence-electron chi connectivity index (χ2n) is 3.72. The molecule has 0 radical (unpaired) electrons. The van der Waals surface area contributed by atoms with Gasteiger partial charge >= 0.3 is 0 Å². The molecule has 0 saturated heterocycles. The van der Waals surface area contributed by atoms with Gasteiger partial charge in [-0.05, 0) is 0 Å². The van der Waals surface area contributed by atoms with Crippen molar-refractivity contribution in [3.63, 3.8) is 0 Å². The first-order valence-corrected chi connectivity index (χ1v) is 4.83. The van der Waals surface area contributed by atoms with Gasteiger partial charge in [0.15, 0.2) is 0 Å². The molecular weight excluding hydrogens is 197 g/mol. The molecule has 2 unspecified atom stereocenters. The van der Waals surface area contributed by atoms with Crippen molar-refractivity contribution >= 4 is 8.60 Å². The van der Waals surface area contributed by atoms with Gasteiger partial charge in [0.25, 0.3) is 0 Å². The molecule has 0 spiro atoms. The Hall–Kier alpha value is 0.190. The van der Waals surface area contributed by atoms with Crippen molar-refractivity contribution in [3.8, 4) is 0 Å². The van der Waals surface area contributed by atoms with Gasteiger partial charge in [0.2, 0.25) is 0 Å². The van der Waals surface area contributed by atoms with Gasteiger partial charge in [-0.25, -0.2) is 0 Å². The largest absolute Gasteiger partial charge is 0.786 e. The van der Waals surface area contributed by atoms with Gasteiger partial charge in [-0.1, -0.05) is 0 Å². The Morgan fingerprint density at radius 2 is 2.00 bits per heavy atom. The van der Waals surface area contributed by atoms with Crippen LogP contribution in [0.2, 0.25) is 0 Å². The number of aliphatic hydroxyl groups is 1. The van der Waals surface area contributed by atoms with Crippen molar-refractivity contribution < 1.29 is 28.9 Å². The van der Waals surface area contributed by atoms with E-state index < -0.39 is 14.7 Å². The predicted molar refractivity (Wildman–Crippen MR) is 42.9 cm³/mol. The highest BCUT2D eigenvalue weighted by molar-refractivity contribution is 7.38. The lowest BCUT2D eigenvalue weighted by atomic mass is 10.3. The van der Waals surface area contributed by atoms with E-state index in [1.54, 1.807) is 0 Å². The van der Waals surface area contributed by atoms with E-state index in [9.17, 15) is 15.3 Å². The summed E-state index contributed by atoms with van der Waals surface area (Å²) in [6.45, 7) is 0.287. The quantitative estimate of drug-likeness (QED) is 0.237. The molecule has 0 saturated carbocycles. The zero-order valence-electron chi connectivity index (χ0n) is 7.97. The molecule has 7 heteroatoms. The van der Waals surface area contributed by atoms with Gasteiger partial charge in [0.1, 0.15) is 12.6 Å². The topological polar surface area (TPSA) is 84.8 Å². The van der Waals surface area contributed by atoms with E-state index in [-0.39, 0.29) is 6.61 Å². The van der Waals surface area contributed by atoms with Crippen LogP contribution in [0.1, 0.15) is 0 Å². The molecule has 0 rings (SSSR count). The molecule has 0 bridgehead atoms. The van der Waals surface area contributed by atoms with Gasteiger partial charge in [0.05, 0.1) is 36.4 Å². The Kier molecular flexibility index (Phi) is 5.91. The molecule has 6 nitrogen and oxygen atoms in total. The summed E-state index contributed by atoms with van der Waals surface area (Å²) in [6.07, 6.45) is -0.755. The van der Waals surface area contributed by atoms with Crippen LogP contribution < -0.4 is 10.2 Å². The normalized spacial score (nSPS) is 17.1. The van der Waals surface area contributed by atoms with E-state index in [1.165, 1.54) is 0 Å². The van der Waals surface area contributed by atoms with E-state index in [0.29, 0.717) is 11.0 Å². The monoisotopic (exact) mass is 212 g/mol. The Morgan fingerprint density at radius 1 is 1.46 bits per heavy atom. The maximum absolute atomic E-state index is 10.4. The smallest absolute Gasteiger partial charge is 0.126 e. The molecule has 13 heavy (non-hydrogen) atoms. The van der Waals surface area contributed by atoms with E-state index in [1.807, 2.05) is 21.1 Å². The Labute approximate surface area is 78.8 Å². The number of aliphatic hydroxyl groups excluding tert-OH is 1. The molecular formula is C6H15NO5P-. The average molecular weight is 212 g/mol. The second-order valence-corrected chi connectivity index (χ2v) is 4.58. The van der Waals surface area contributed by atoms with Crippen molar-refractivity contribution in [2.75, 3.05) is 34.3 Å². The number of rotatable bonds is 6. The SMILES string of the molecule is C[N+](C)(C)CC(O)COP([O-])O[O-]. The van der Waals surface area contributed by atoms with Crippen LogP contribution in [0.25, 0.3) is 0 Å². The van der Waals surface area contributed by atoms with Crippen LogP contribution in [0.4, 0.5) is 0 Å². The van der Waals surface area contributed by atoms with Crippen molar-refractivity contribution in [2.24, 2.45) is 0 Å². The lowest BCUT2D eigenvalue weighted by Gasteiger charge is -2.29. The van der Waals surface area contributed by atoms with E-state index >= 15 is 0 Å². The molecule has 2 atom stereocenters. The maximum atomic E-state index is 10.4. The number of hydrogen-bond acceptors (Lipinski definition) is 5. The van der Waals surface area contributed by atoms with Crippen LogP contribution in [0, 0.1) is 0 Å². The molecule has 80 valence electrons. The van der Waals surface area contributed by atoms with Crippen LogP contribution in [-0.4, -0.2) is 50.0 Å². The first-order chi connectivity index (χ1) is 5.85. The Balaban J connectivity index is 3.57. The molecule has 0 aliphatic rings. The van der Waals surface area contributed by atoms with Gasteiger partial charge in [-0.15, -0.1) is 0 Å². The molecule has 0 amide bonds. The number of likely N-dealkylation sites (N-methyl/N-ethyl adjacent to an activating group) is 1. The highest BCUT2D eigenvalue weighted by Gasteiger charge is 2.15. The molecule has 0 aliphatic carbocycles. The minimum Gasteiger partial charge on any atom is -0.786 e. The van der Waals surface area contributed by atoms with Crippen LogP contribution in [-0.2, 0) is 9.20 Å². The minimum atomic E-state index is -2.62. The van der Waals surface area contributed by atoms with Crippen LogP contribution in [0.15, 0.2) is 0 Å². The van der Waals surface area contributed by atoms with Crippen LogP contribution >= 0.6 is 8.60 Å². The summed E-state index contributed by atoms with van der Waals surface area (Å²) in [7, 11) is 3.06.